The number of carbonyl (C=O) groups is 1. The first kappa shape index (κ1) is 13.4. The van der Waals surface area contributed by atoms with Crippen molar-refractivity contribution < 1.29 is 9.90 Å². The van der Waals surface area contributed by atoms with E-state index in [1.807, 2.05) is 19.1 Å². The number of likely N-dealkylation sites (N-methyl/N-ethyl adjacent to an activating group) is 1. The van der Waals surface area contributed by atoms with Crippen molar-refractivity contribution in [1.29, 1.82) is 0 Å². The molecule has 1 fully saturated rings. The number of aromatic nitrogens is 1. The van der Waals surface area contributed by atoms with E-state index in [4.69, 9.17) is 0 Å². The number of thioether (sulfide) groups is 1. The van der Waals surface area contributed by atoms with Crippen molar-refractivity contribution in [3.63, 3.8) is 0 Å². The van der Waals surface area contributed by atoms with Crippen LogP contribution in [0.25, 0.3) is 0 Å². The molecule has 0 saturated heterocycles. The summed E-state index contributed by atoms with van der Waals surface area (Å²) in [5.74, 6) is 0.0999. The van der Waals surface area contributed by atoms with Crippen molar-refractivity contribution in [2.45, 2.75) is 30.2 Å². The summed E-state index contributed by atoms with van der Waals surface area (Å²) in [4.78, 5) is 16.7. The van der Waals surface area contributed by atoms with Crippen LogP contribution in [0.5, 0.6) is 0 Å². The maximum Gasteiger partial charge on any atom is 0.325 e. The van der Waals surface area contributed by atoms with Crippen LogP contribution in [0.2, 0.25) is 0 Å². The zero-order valence-corrected chi connectivity index (χ0v) is 11.2. The molecule has 98 valence electrons. The monoisotopic (exact) mass is 266 g/mol. The molecule has 2 N–H and O–H groups in total. The minimum absolute atomic E-state index is 0.268. The number of hydrogen-bond acceptors (Lipinski definition) is 4. The summed E-state index contributed by atoms with van der Waals surface area (Å²) in [6.45, 7) is 2.64. The molecule has 1 aromatic heterocycles. The van der Waals surface area contributed by atoms with E-state index in [2.05, 4.69) is 10.3 Å². The molecule has 1 heterocycles. The fourth-order valence-electron chi connectivity index (χ4n) is 2.15. The molecule has 1 aliphatic carbocycles. The molecule has 1 aliphatic rings. The first-order valence-electron chi connectivity index (χ1n) is 6.20. The van der Waals surface area contributed by atoms with Gasteiger partial charge in [0.05, 0.1) is 0 Å². The van der Waals surface area contributed by atoms with Gasteiger partial charge in [-0.25, -0.2) is 0 Å². The standard InChI is InChI=1S/C13H18N2O2S/c1-2-15-13(12(16)17,10-3-4-10)9-18-11-5-7-14-8-6-11/h5-8,10,15H,2-4,9H2,1H3,(H,16,17). The normalized spacial score (nSPS) is 18.3. The van der Waals surface area contributed by atoms with E-state index >= 15 is 0 Å². The Morgan fingerprint density at radius 3 is 2.72 bits per heavy atom. The number of aliphatic carboxylic acids is 1. The molecule has 0 spiro atoms. The third-order valence-electron chi connectivity index (χ3n) is 3.26. The van der Waals surface area contributed by atoms with Crippen LogP contribution in [-0.2, 0) is 4.79 Å². The van der Waals surface area contributed by atoms with Gasteiger partial charge in [0.2, 0.25) is 0 Å². The number of hydrogen-bond donors (Lipinski definition) is 2. The van der Waals surface area contributed by atoms with Crippen LogP contribution in [0.3, 0.4) is 0 Å². The lowest BCUT2D eigenvalue weighted by molar-refractivity contribution is -0.144. The summed E-state index contributed by atoms with van der Waals surface area (Å²) < 4.78 is 0. The van der Waals surface area contributed by atoms with Gasteiger partial charge in [-0.15, -0.1) is 11.8 Å². The second-order valence-corrected chi connectivity index (χ2v) is 5.60. The number of carboxylic acids is 1. The third-order valence-corrected chi connectivity index (χ3v) is 4.47. The SMILES string of the molecule is CCNC(CSc1ccncc1)(C(=O)O)C1CC1. The highest BCUT2D eigenvalue weighted by Gasteiger charge is 2.50. The Balaban J connectivity index is 2.07. The molecule has 5 heteroatoms. The van der Waals surface area contributed by atoms with Gasteiger partial charge in [0.25, 0.3) is 0 Å². The quantitative estimate of drug-likeness (QED) is 0.739. The van der Waals surface area contributed by atoms with Gasteiger partial charge in [-0.2, -0.15) is 0 Å². The van der Waals surface area contributed by atoms with Gasteiger partial charge in [-0.05, 0) is 37.4 Å². The minimum atomic E-state index is -0.775. The van der Waals surface area contributed by atoms with Crippen molar-refractivity contribution in [2.24, 2.45) is 5.92 Å². The predicted molar refractivity (Wildman–Crippen MR) is 71.7 cm³/mol. The Bertz CT molecular complexity index is 409. The molecule has 0 bridgehead atoms. The highest BCUT2D eigenvalue weighted by Crippen LogP contribution is 2.42. The van der Waals surface area contributed by atoms with Crippen LogP contribution >= 0.6 is 11.8 Å². The summed E-state index contributed by atoms with van der Waals surface area (Å²) in [7, 11) is 0. The van der Waals surface area contributed by atoms with E-state index in [0.29, 0.717) is 12.3 Å². The van der Waals surface area contributed by atoms with Gasteiger partial charge >= 0.3 is 5.97 Å². The summed E-state index contributed by atoms with van der Waals surface area (Å²) in [6, 6.07) is 3.83. The van der Waals surface area contributed by atoms with E-state index < -0.39 is 11.5 Å². The smallest absolute Gasteiger partial charge is 0.325 e. The molecular formula is C13H18N2O2S. The molecule has 1 saturated carbocycles. The lowest BCUT2D eigenvalue weighted by Crippen LogP contribution is -2.56. The second kappa shape index (κ2) is 5.71. The van der Waals surface area contributed by atoms with Crippen molar-refractivity contribution >= 4 is 17.7 Å². The van der Waals surface area contributed by atoms with E-state index in [-0.39, 0.29) is 5.92 Å². The number of rotatable bonds is 7. The molecule has 0 aliphatic heterocycles. The van der Waals surface area contributed by atoms with Crippen molar-refractivity contribution in [2.75, 3.05) is 12.3 Å². The number of nitrogens with zero attached hydrogens (tertiary/aromatic N) is 1. The summed E-state index contributed by atoms with van der Waals surface area (Å²) in [6.07, 6.45) is 5.48. The van der Waals surface area contributed by atoms with Crippen molar-refractivity contribution in [3.8, 4) is 0 Å². The molecule has 18 heavy (non-hydrogen) atoms. The van der Waals surface area contributed by atoms with Gasteiger partial charge < -0.3 is 10.4 Å². The molecular weight excluding hydrogens is 248 g/mol. The van der Waals surface area contributed by atoms with Crippen LogP contribution in [0.15, 0.2) is 29.4 Å². The molecule has 0 aromatic carbocycles. The van der Waals surface area contributed by atoms with Crippen LogP contribution < -0.4 is 5.32 Å². The number of carboxylic acid groups (broad SMARTS) is 1. The van der Waals surface area contributed by atoms with E-state index in [1.54, 1.807) is 24.2 Å². The second-order valence-electron chi connectivity index (χ2n) is 4.55. The zero-order valence-electron chi connectivity index (χ0n) is 10.4. The molecule has 0 amide bonds. The Morgan fingerprint density at radius 2 is 2.22 bits per heavy atom. The molecule has 4 nitrogen and oxygen atoms in total. The lowest BCUT2D eigenvalue weighted by atomic mass is 9.96. The lowest BCUT2D eigenvalue weighted by Gasteiger charge is -2.30. The van der Waals surface area contributed by atoms with Gasteiger partial charge in [0.1, 0.15) is 5.54 Å². The fraction of sp³-hybridized carbons (Fsp3) is 0.538. The molecule has 1 unspecified atom stereocenters. The van der Waals surface area contributed by atoms with Gasteiger partial charge in [-0.3, -0.25) is 9.78 Å². The largest absolute Gasteiger partial charge is 0.480 e. The maximum absolute atomic E-state index is 11.6. The topological polar surface area (TPSA) is 62.2 Å². The van der Waals surface area contributed by atoms with Crippen LogP contribution in [0, 0.1) is 5.92 Å². The van der Waals surface area contributed by atoms with Crippen LogP contribution in [0.4, 0.5) is 0 Å². The molecule has 2 rings (SSSR count). The first-order valence-corrected chi connectivity index (χ1v) is 7.19. The van der Waals surface area contributed by atoms with Crippen molar-refractivity contribution in [3.05, 3.63) is 24.5 Å². The molecule has 1 atom stereocenters. The average molecular weight is 266 g/mol. The number of pyridine rings is 1. The summed E-state index contributed by atoms with van der Waals surface area (Å²) >= 11 is 1.58. The zero-order chi connectivity index (χ0) is 13.0. The highest BCUT2D eigenvalue weighted by molar-refractivity contribution is 7.99. The Kier molecular flexibility index (Phi) is 4.24. The van der Waals surface area contributed by atoms with Gasteiger partial charge in [0.15, 0.2) is 0 Å². The Morgan fingerprint density at radius 1 is 1.56 bits per heavy atom. The summed E-state index contributed by atoms with van der Waals surface area (Å²) in [5.41, 5.74) is -0.775. The fourth-order valence-corrected chi connectivity index (χ4v) is 3.32. The number of nitrogens with one attached hydrogen (secondary N) is 1. The van der Waals surface area contributed by atoms with E-state index in [9.17, 15) is 9.90 Å². The summed E-state index contributed by atoms with van der Waals surface area (Å²) in [5, 5.41) is 12.7. The van der Waals surface area contributed by atoms with Crippen molar-refractivity contribution in [1.82, 2.24) is 10.3 Å². The Labute approximate surface area is 111 Å². The first-order chi connectivity index (χ1) is 8.69. The molecule has 0 radical (unpaired) electrons. The molecule has 1 aromatic rings. The van der Waals surface area contributed by atoms with E-state index in [0.717, 1.165) is 17.7 Å². The predicted octanol–water partition coefficient (Wildman–Crippen LogP) is 2.02. The highest BCUT2D eigenvalue weighted by atomic mass is 32.2. The average Bonchev–Trinajstić information content (AvgIpc) is 3.20. The van der Waals surface area contributed by atoms with Gasteiger partial charge in [-0.1, -0.05) is 6.92 Å². The maximum atomic E-state index is 11.6. The van der Waals surface area contributed by atoms with E-state index in [1.165, 1.54) is 0 Å². The van der Waals surface area contributed by atoms with Gasteiger partial charge in [0, 0.05) is 23.0 Å². The van der Waals surface area contributed by atoms with Crippen LogP contribution in [-0.4, -0.2) is 33.9 Å². The Hall–Kier alpha value is -1.07. The third kappa shape index (κ3) is 2.84. The minimum Gasteiger partial charge on any atom is -0.480 e. The van der Waals surface area contributed by atoms with Crippen LogP contribution in [0.1, 0.15) is 19.8 Å².